The predicted octanol–water partition coefficient (Wildman–Crippen LogP) is 0.126. The maximum atomic E-state index is 12.6. The number of rotatable bonds is 2. The van der Waals surface area contributed by atoms with E-state index in [-0.39, 0.29) is 34.2 Å². The van der Waals surface area contributed by atoms with Crippen LogP contribution in [0.15, 0.2) is 11.0 Å². The number of halogens is 1. The third-order valence-electron chi connectivity index (χ3n) is 4.56. The molecule has 2 saturated heterocycles. The van der Waals surface area contributed by atoms with Crippen LogP contribution >= 0.6 is 12.4 Å². The fourth-order valence-electron chi connectivity index (χ4n) is 3.41. The second kappa shape index (κ2) is 5.81. The second-order valence-corrected chi connectivity index (χ2v) is 10.2. The van der Waals surface area contributed by atoms with Crippen molar-refractivity contribution in [2.75, 3.05) is 37.7 Å². The first-order chi connectivity index (χ1) is 9.33. The number of piperidine rings is 1. The third kappa shape index (κ3) is 3.29. The average molecular weight is 357 g/mol. The monoisotopic (exact) mass is 356 g/mol. The Hall–Kier alpha value is -0.150. The van der Waals surface area contributed by atoms with E-state index < -0.39 is 19.9 Å². The van der Waals surface area contributed by atoms with Crippen LogP contribution < -0.4 is 5.32 Å². The van der Waals surface area contributed by atoms with Gasteiger partial charge in [-0.1, -0.05) is 6.08 Å². The standard InChI is InChI=1S/C12H20N2O4S2.ClH/c15-19(16)7-2-11(8-19)20(17,18)14-6-1-3-12(10-14)4-5-13-9-12;/h2,13H,1,3-10H2;1H. The third-order valence-corrected chi connectivity index (χ3v) is 8.13. The van der Waals surface area contributed by atoms with Gasteiger partial charge in [0, 0.05) is 19.6 Å². The quantitative estimate of drug-likeness (QED) is 0.760. The average Bonchev–Trinajstić information content (AvgIpc) is 2.97. The highest BCUT2D eigenvalue weighted by Crippen LogP contribution is 2.37. The molecule has 0 aromatic heterocycles. The lowest BCUT2D eigenvalue weighted by Crippen LogP contribution is -2.47. The zero-order valence-electron chi connectivity index (χ0n) is 11.7. The van der Waals surface area contributed by atoms with Gasteiger partial charge in [-0.2, -0.15) is 4.31 Å². The summed E-state index contributed by atoms with van der Waals surface area (Å²) < 4.78 is 49.6. The summed E-state index contributed by atoms with van der Waals surface area (Å²) in [6.07, 6.45) is 4.25. The van der Waals surface area contributed by atoms with E-state index in [9.17, 15) is 16.8 Å². The molecular formula is C12H21ClN2O4S2. The number of nitrogens with one attached hydrogen (secondary N) is 1. The summed E-state index contributed by atoms with van der Waals surface area (Å²) in [6, 6.07) is 0. The van der Waals surface area contributed by atoms with E-state index in [2.05, 4.69) is 5.32 Å². The Labute approximate surface area is 132 Å². The molecule has 1 spiro atoms. The Morgan fingerprint density at radius 1 is 1.29 bits per heavy atom. The molecule has 0 aliphatic carbocycles. The summed E-state index contributed by atoms with van der Waals surface area (Å²) >= 11 is 0. The first-order valence-corrected chi connectivity index (χ1v) is 10.2. The van der Waals surface area contributed by atoms with Gasteiger partial charge in [0.1, 0.15) is 0 Å². The molecule has 0 aromatic rings. The number of nitrogens with zero attached hydrogens (tertiary/aromatic N) is 1. The second-order valence-electron chi connectivity index (χ2n) is 6.09. The van der Waals surface area contributed by atoms with Crippen molar-refractivity contribution in [1.29, 1.82) is 0 Å². The van der Waals surface area contributed by atoms with Gasteiger partial charge >= 0.3 is 0 Å². The van der Waals surface area contributed by atoms with Gasteiger partial charge in [-0.15, -0.1) is 12.4 Å². The number of sulfonamides is 1. The van der Waals surface area contributed by atoms with Gasteiger partial charge in [0.15, 0.2) is 9.84 Å². The van der Waals surface area contributed by atoms with E-state index in [1.807, 2.05) is 0 Å². The molecule has 6 nitrogen and oxygen atoms in total. The molecule has 3 aliphatic rings. The molecule has 9 heteroatoms. The summed E-state index contributed by atoms with van der Waals surface area (Å²) in [5, 5.41) is 3.31. The van der Waals surface area contributed by atoms with E-state index in [0.717, 1.165) is 32.4 Å². The first kappa shape index (κ1) is 17.2. The van der Waals surface area contributed by atoms with Crippen LogP contribution in [0, 0.1) is 5.41 Å². The minimum Gasteiger partial charge on any atom is -0.316 e. The van der Waals surface area contributed by atoms with Crippen molar-refractivity contribution in [2.24, 2.45) is 5.41 Å². The van der Waals surface area contributed by atoms with Crippen molar-refractivity contribution in [2.45, 2.75) is 19.3 Å². The van der Waals surface area contributed by atoms with Crippen LogP contribution in [0.1, 0.15) is 19.3 Å². The first-order valence-electron chi connectivity index (χ1n) is 6.93. The number of hydrogen-bond donors (Lipinski definition) is 1. The Bertz CT molecular complexity index is 636. The summed E-state index contributed by atoms with van der Waals surface area (Å²) in [5.41, 5.74) is 0.0450. The molecule has 122 valence electrons. The molecule has 0 radical (unpaired) electrons. The summed E-state index contributed by atoms with van der Waals surface area (Å²) in [7, 11) is -6.86. The molecule has 0 aromatic carbocycles. The maximum Gasteiger partial charge on any atom is 0.239 e. The summed E-state index contributed by atoms with van der Waals surface area (Å²) in [4.78, 5) is 0.0699. The largest absolute Gasteiger partial charge is 0.316 e. The van der Waals surface area contributed by atoms with Crippen LogP contribution in [0.3, 0.4) is 0 Å². The number of sulfone groups is 1. The van der Waals surface area contributed by atoms with Crippen molar-refractivity contribution >= 4 is 32.3 Å². The highest BCUT2D eigenvalue weighted by Gasteiger charge is 2.43. The molecule has 21 heavy (non-hydrogen) atoms. The topological polar surface area (TPSA) is 83.5 Å². The van der Waals surface area contributed by atoms with Crippen LogP contribution in [-0.2, 0) is 19.9 Å². The minimum absolute atomic E-state index is 0. The van der Waals surface area contributed by atoms with E-state index in [4.69, 9.17) is 0 Å². The fraction of sp³-hybridized carbons (Fsp3) is 0.833. The fourth-order valence-corrected chi connectivity index (χ4v) is 7.21. The molecule has 1 atom stereocenters. The molecule has 3 aliphatic heterocycles. The Morgan fingerprint density at radius 2 is 2.05 bits per heavy atom. The van der Waals surface area contributed by atoms with Crippen LogP contribution in [0.2, 0.25) is 0 Å². The highest BCUT2D eigenvalue weighted by molar-refractivity contribution is 7.97. The van der Waals surface area contributed by atoms with Crippen LogP contribution in [0.4, 0.5) is 0 Å². The van der Waals surface area contributed by atoms with E-state index in [0.29, 0.717) is 13.1 Å². The van der Waals surface area contributed by atoms with E-state index in [1.165, 1.54) is 10.4 Å². The summed E-state index contributed by atoms with van der Waals surface area (Å²) in [6.45, 7) is 2.81. The van der Waals surface area contributed by atoms with Crippen molar-refractivity contribution in [1.82, 2.24) is 9.62 Å². The lowest BCUT2D eigenvalue weighted by atomic mass is 9.80. The SMILES string of the molecule is Cl.O=S1(=O)CC=C(S(=O)(=O)N2CCCC3(CCNC3)C2)C1. The lowest BCUT2D eigenvalue weighted by molar-refractivity contribution is 0.167. The van der Waals surface area contributed by atoms with Crippen LogP contribution in [-0.4, -0.2) is 58.8 Å². The van der Waals surface area contributed by atoms with Crippen molar-refractivity contribution in [3.8, 4) is 0 Å². The molecule has 0 amide bonds. The smallest absolute Gasteiger partial charge is 0.239 e. The van der Waals surface area contributed by atoms with Gasteiger partial charge in [0.05, 0.1) is 16.4 Å². The molecule has 0 saturated carbocycles. The highest BCUT2D eigenvalue weighted by atomic mass is 35.5. The van der Waals surface area contributed by atoms with Crippen LogP contribution in [0.5, 0.6) is 0 Å². The minimum atomic E-state index is -3.61. The predicted molar refractivity (Wildman–Crippen MR) is 83.6 cm³/mol. The molecule has 3 heterocycles. The molecule has 0 bridgehead atoms. The molecular weight excluding hydrogens is 336 g/mol. The molecule has 2 fully saturated rings. The number of hydrogen-bond acceptors (Lipinski definition) is 5. The Balaban J connectivity index is 0.00000161. The van der Waals surface area contributed by atoms with Gasteiger partial charge in [0.25, 0.3) is 0 Å². The Kier molecular flexibility index (Phi) is 4.76. The zero-order chi connectivity index (χ0) is 14.4. The Morgan fingerprint density at radius 3 is 2.62 bits per heavy atom. The van der Waals surface area contributed by atoms with Gasteiger partial charge in [-0.3, -0.25) is 0 Å². The van der Waals surface area contributed by atoms with Gasteiger partial charge in [0.2, 0.25) is 10.0 Å². The van der Waals surface area contributed by atoms with Crippen molar-refractivity contribution < 1.29 is 16.8 Å². The lowest BCUT2D eigenvalue weighted by Gasteiger charge is -2.39. The van der Waals surface area contributed by atoms with Gasteiger partial charge < -0.3 is 5.32 Å². The molecule has 3 rings (SSSR count). The van der Waals surface area contributed by atoms with E-state index >= 15 is 0 Å². The normalized spacial score (nSPS) is 32.9. The zero-order valence-corrected chi connectivity index (χ0v) is 14.2. The van der Waals surface area contributed by atoms with Crippen molar-refractivity contribution in [3.63, 3.8) is 0 Å². The summed E-state index contributed by atoms with van der Waals surface area (Å²) in [5.74, 6) is -0.487. The molecule has 1 unspecified atom stereocenters. The van der Waals surface area contributed by atoms with Crippen molar-refractivity contribution in [3.05, 3.63) is 11.0 Å². The molecule has 1 N–H and O–H groups in total. The van der Waals surface area contributed by atoms with Crippen LogP contribution in [0.25, 0.3) is 0 Å². The van der Waals surface area contributed by atoms with Gasteiger partial charge in [-0.05, 0) is 31.2 Å². The van der Waals surface area contributed by atoms with E-state index in [1.54, 1.807) is 0 Å². The maximum absolute atomic E-state index is 12.6. The van der Waals surface area contributed by atoms with Gasteiger partial charge in [-0.25, -0.2) is 16.8 Å².